The number of ether oxygens (including phenoxy) is 2. The first kappa shape index (κ1) is 10.9. The van der Waals surface area contributed by atoms with Crippen molar-refractivity contribution in [3.63, 3.8) is 0 Å². The molecular formula is C10H10N2O3. The third-order valence-corrected chi connectivity index (χ3v) is 1.94. The normalized spacial score (nSPS) is 9.13. The topological polar surface area (TPSA) is 85.3 Å². The first-order valence-electron chi connectivity index (χ1n) is 4.10. The van der Waals surface area contributed by atoms with E-state index >= 15 is 0 Å². The molecule has 0 amide bonds. The third kappa shape index (κ3) is 1.83. The minimum atomic E-state index is -0.650. The molecule has 0 spiro atoms. The number of anilines is 1. The van der Waals surface area contributed by atoms with E-state index in [2.05, 4.69) is 4.74 Å². The summed E-state index contributed by atoms with van der Waals surface area (Å²) >= 11 is 0. The number of hydrogen-bond donors (Lipinski definition) is 1. The number of carbonyl (C=O) groups excluding carboxylic acids is 1. The molecule has 0 saturated carbocycles. The quantitative estimate of drug-likeness (QED) is 0.574. The molecule has 0 aliphatic carbocycles. The van der Waals surface area contributed by atoms with E-state index < -0.39 is 5.97 Å². The van der Waals surface area contributed by atoms with Gasteiger partial charge in [0.15, 0.2) is 0 Å². The Morgan fingerprint density at radius 3 is 2.60 bits per heavy atom. The van der Waals surface area contributed by atoms with Gasteiger partial charge in [0.2, 0.25) is 0 Å². The largest absolute Gasteiger partial charge is 0.495 e. The van der Waals surface area contributed by atoms with Gasteiger partial charge >= 0.3 is 5.97 Å². The molecule has 15 heavy (non-hydrogen) atoms. The number of nitrogens with two attached hydrogens (primary N) is 1. The molecule has 0 aliphatic heterocycles. The molecule has 78 valence electrons. The summed E-state index contributed by atoms with van der Waals surface area (Å²) in [5.74, 6) is -0.308. The van der Waals surface area contributed by atoms with Crippen molar-refractivity contribution < 1.29 is 14.3 Å². The maximum absolute atomic E-state index is 11.4. The fourth-order valence-corrected chi connectivity index (χ4v) is 1.19. The van der Waals surface area contributed by atoms with Gasteiger partial charge in [-0.15, -0.1) is 0 Å². The van der Waals surface area contributed by atoms with Gasteiger partial charge in [0, 0.05) is 0 Å². The summed E-state index contributed by atoms with van der Waals surface area (Å²) in [6.45, 7) is 0. The molecule has 0 atom stereocenters. The van der Waals surface area contributed by atoms with Crippen LogP contribution in [0.5, 0.6) is 5.75 Å². The molecule has 0 aliphatic rings. The number of esters is 1. The number of hydrogen-bond acceptors (Lipinski definition) is 5. The van der Waals surface area contributed by atoms with Crippen molar-refractivity contribution in [3.05, 3.63) is 23.3 Å². The van der Waals surface area contributed by atoms with Gasteiger partial charge in [-0.1, -0.05) is 0 Å². The van der Waals surface area contributed by atoms with E-state index in [0.29, 0.717) is 5.75 Å². The second-order valence-electron chi connectivity index (χ2n) is 2.71. The summed E-state index contributed by atoms with van der Waals surface area (Å²) in [6, 6.07) is 4.85. The molecule has 1 aromatic carbocycles. The van der Waals surface area contributed by atoms with Crippen molar-refractivity contribution in [2.75, 3.05) is 20.0 Å². The van der Waals surface area contributed by atoms with Gasteiger partial charge in [-0.2, -0.15) is 5.26 Å². The zero-order valence-electron chi connectivity index (χ0n) is 8.40. The number of benzene rings is 1. The fraction of sp³-hybridized carbons (Fsp3) is 0.200. The predicted octanol–water partition coefficient (Wildman–Crippen LogP) is 0.936. The van der Waals surface area contributed by atoms with Crippen molar-refractivity contribution in [3.8, 4) is 11.8 Å². The van der Waals surface area contributed by atoms with Crippen LogP contribution in [0.3, 0.4) is 0 Å². The number of methoxy groups -OCH3 is 2. The SMILES string of the molecule is COC(=O)c1c(C#N)ccc(OC)c1N. The van der Waals surface area contributed by atoms with Crippen LogP contribution in [0.4, 0.5) is 5.69 Å². The van der Waals surface area contributed by atoms with Crippen LogP contribution in [-0.2, 0) is 4.74 Å². The van der Waals surface area contributed by atoms with Crippen molar-refractivity contribution in [1.29, 1.82) is 5.26 Å². The zero-order chi connectivity index (χ0) is 11.4. The van der Waals surface area contributed by atoms with Gasteiger partial charge in [-0.05, 0) is 12.1 Å². The maximum atomic E-state index is 11.4. The molecule has 1 rings (SSSR count). The molecule has 5 heteroatoms. The highest BCUT2D eigenvalue weighted by atomic mass is 16.5. The first-order valence-corrected chi connectivity index (χ1v) is 4.10. The standard InChI is InChI=1S/C10H10N2O3/c1-14-7-4-3-6(5-11)8(9(7)12)10(13)15-2/h3-4H,12H2,1-2H3. The van der Waals surface area contributed by atoms with Crippen molar-refractivity contribution in [1.82, 2.24) is 0 Å². The molecule has 0 bridgehead atoms. The van der Waals surface area contributed by atoms with E-state index in [1.165, 1.54) is 26.4 Å². The molecular weight excluding hydrogens is 196 g/mol. The molecule has 0 saturated heterocycles. The summed E-state index contributed by atoms with van der Waals surface area (Å²) in [4.78, 5) is 11.4. The Morgan fingerprint density at radius 2 is 2.13 bits per heavy atom. The van der Waals surface area contributed by atoms with E-state index in [0.717, 1.165) is 0 Å². The van der Waals surface area contributed by atoms with Crippen LogP contribution in [-0.4, -0.2) is 20.2 Å². The predicted molar refractivity (Wildman–Crippen MR) is 53.5 cm³/mol. The Bertz CT molecular complexity index is 435. The first-order chi connectivity index (χ1) is 7.15. The van der Waals surface area contributed by atoms with E-state index in [1.807, 2.05) is 6.07 Å². The van der Waals surface area contributed by atoms with E-state index in [4.69, 9.17) is 15.7 Å². The van der Waals surface area contributed by atoms with Gasteiger partial charge in [0.25, 0.3) is 0 Å². The van der Waals surface area contributed by atoms with Crippen molar-refractivity contribution in [2.24, 2.45) is 0 Å². The second-order valence-corrected chi connectivity index (χ2v) is 2.71. The Balaban J connectivity index is 3.44. The average Bonchev–Trinajstić information content (AvgIpc) is 2.27. The molecule has 1 aromatic rings. The molecule has 0 aromatic heterocycles. The summed E-state index contributed by atoms with van der Waals surface area (Å²) in [5, 5.41) is 8.80. The number of nitrogen functional groups attached to an aromatic ring is 1. The second kappa shape index (κ2) is 4.33. The highest BCUT2D eigenvalue weighted by Gasteiger charge is 2.18. The van der Waals surface area contributed by atoms with Gasteiger partial charge < -0.3 is 15.2 Å². The molecule has 0 fully saturated rings. The third-order valence-electron chi connectivity index (χ3n) is 1.94. The fourth-order valence-electron chi connectivity index (χ4n) is 1.19. The minimum absolute atomic E-state index is 0.0411. The minimum Gasteiger partial charge on any atom is -0.495 e. The highest BCUT2D eigenvalue weighted by molar-refractivity contribution is 5.99. The number of rotatable bonds is 2. The number of carbonyl (C=O) groups is 1. The van der Waals surface area contributed by atoms with Gasteiger partial charge in [-0.3, -0.25) is 0 Å². The number of nitrogens with zero attached hydrogens (tertiary/aromatic N) is 1. The summed E-state index contributed by atoms with van der Waals surface area (Å²) < 4.78 is 9.47. The Kier molecular flexibility index (Phi) is 3.13. The lowest BCUT2D eigenvalue weighted by atomic mass is 10.1. The summed E-state index contributed by atoms with van der Waals surface area (Å²) in [7, 11) is 2.65. The van der Waals surface area contributed by atoms with Crippen LogP contribution in [0.2, 0.25) is 0 Å². The molecule has 0 unspecified atom stereocenters. The van der Waals surface area contributed by atoms with E-state index in [-0.39, 0.29) is 16.8 Å². The van der Waals surface area contributed by atoms with E-state index in [9.17, 15) is 4.79 Å². The van der Waals surface area contributed by atoms with Gasteiger partial charge in [-0.25, -0.2) is 4.79 Å². The average molecular weight is 206 g/mol. The zero-order valence-corrected chi connectivity index (χ0v) is 8.40. The number of nitriles is 1. The van der Waals surface area contributed by atoms with Crippen molar-refractivity contribution in [2.45, 2.75) is 0 Å². The molecule has 0 radical (unpaired) electrons. The molecule has 2 N–H and O–H groups in total. The van der Waals surface area contributed by atoms with Crippen LogP contribution >= 0.6 is 0 Å². The smallest absolute Gasteiger partial charge is 0.341 e. The van der Waals surface area contributed by atoms with Crippen LogP contribution in [0.15, 0.2) is 12.1 Å². The lowest BCUT2D eigenvalue weighted by Gasteiger charge is -2.09. The summed E-state index contributed by atoms with van der Waals surface area (Å²) in [5.41, 5.74) is 5.99. The highest BCUT2D eigenvalue weighted by Crippen LogP contribution is 2.28. The van der Waals surface area contributed by atoms with Gasteiger partial charge in [0.1, 0.15) is 17.4 Å². The Hall–Kier alpha value is -2.22. The van der Waals surface area contributed by atoms with Crippen LogP contribution in [0.25, 0.3) is 0 Å². The monoisotopic (exact) mass is 206 g/mol. The maximum Gasteiger partial charge on any atom is 0.341 e. The summed E-state index contributed by atoms with van der Waals surface area (Å²) in [6.07, 6.45) is 0. The molecule has 5 nitrogen and oxygen atoms in total. The van der Waals surface area contributed by atoms with Crippen LogP contribution in [0, 0.1) is 11.3 Å². The van der Waals surface area contributed by atoms with Crippen LogP contribution < -0.4 is 10.5 Å². The lowest BCUT2D eigenvalue weighted by Crippen LogP contribution is -2.09. The van der Waals surface area contributed by atoms with Gasteiger partial charge in [0.05, 0.1) is 25.5 Å². The Morgan fingerprint density at radius 1 is 1.47 bits per heavy atom. The van der Waals surface area contributed by atoms with E-state index in [1.54, 1.807) is 0 Å². The Labute approximate surface area is 87.0 Å². The van der Waals surface area contributed by atoms with Crippen molar-refractivity contribution >= 4 is 11.7 Å². The molecule has 0 heterocycles. The van der Waals surface area contributed by atoms with Crippen LogP contribution in [0.1, 0.15) is 15.9 Å². The lowest BCUT2D eigenvalue weighted by molar-refractivity contribution is 0.0601.